The maximum atomic E-state index is 8.72. The van der Waals surface area contributed by atoms with Crippen LogP contribution in [-0.2, 0) is 5.75 Å². The van der Waals surface area contributed by atoms with Crippen LogP contribution in [0.4, 0.5) is 0 Å². The fourth-order valence-corrected chi connectivity index (χ4v) is 2.29. The number of nitrogens with zero attached hydrogens (tertiary/aromatic N) is 1. The van der Waals surface area contributed by atoms with Gasteiger partial charge in [-0.15, -0.1) is 0 Å². The molecule has 0 aliphatic carbocycles. The molecule has 0 fully saturated rings. The van der Waals surface area contributed by atoms with Crippen LogP contribution in [0, 0.1) is 11.8 Å². The van der Waals surface area contributed by atoms with Gasteiger partial charge in [-0.25, -0.2) is 4.98 Å². The lowest BCUT2D eigenvalue weighted by Gasteiger charge is -2.02. The van der Waals surface area contributed by atoms with Crippen molar-refractivity contribution in [3.8, 4) is 11.8 Å². The third kappa shape index (κ3) is 3.66. The first-order valence-corrected chi connectivity index (χ1v) is 6.68. The van der Waals surface area contributed by atoms with Gasteiger partial charge in [0.05, 0.1) is 6.61 Å². The van der Waals surface area contributed by atoms with Crippen LogP contribution in [0.5, 0.6) is 0 Å². The minimum Gasteiger partial charge on any atom is -0.395 e. The summed E-state index contributed by atoms with van der Waals surface area (Å²) < 4.78 is 0. The number of hydrogen-bond donors (Lipinski definition) is 2. The molecule has 0 saturated carbocycles. The van der Waals surface area contributed by atoms with Gasteiger partial charge in [0.1, 0.15) is 0 Å². The Kier molecular flexibility index (Phi) is 4.88. The highest BCUT2D eigenvalue weighted by Crippen LogP contribution is 2.20. The van der Waals surface area contributed by atoms with Crippen LogP contribution in [0.3, 0.4) is 0 Å². The second kappa shape index (κ2) is 6.90. The van der Waals surface area contributed by atoms with Crippen LogP contribution in [0.25, 0.3) is 0 Å². The van der Waals surface area contributed by atoms with E-state index >= 15 is 0 Å². The largest absolute Gasteiger partial charge is 0.395 e. The molecule has 0 amide bonds. The Balaban J connectivity index is 2.06. The van der Waals surface area contributed by atoms with Crippen molar-refractivity contribution < 1.29 is 5.11 Å². The highest BCUT2D eigenvalue weighted by Gasteiger charge is 2.01. The summed E-state index contributed by atoms with van der Waals surface area (Å²) in [5, 5.41) is 9.63. The quantitative estimate of drug-likeness (QED) is 0.654. The van der Waals surface area contributed by atoms with Gasteiger partial charge < -0.3 is 10.1 Å². The third-order valence-corrected chi connectivity index (χ3v) is 3.27. The summed E-state index contributed by atoms with van der Waals surface area (Å²) >= 11 is 1.65. The topological polar surface area (TPSA) is 48.9 Å². The molecule has 2 N–H and O–H groups in total. The summed E-state index contributed by atoms with van der Waals surface area (Å²) in [4.78, 5) is 7.24. The summed E-state index contributed by atoms with van der Waals surface area (Å²) in [5.41, 5.74) is 2.20. The Bertz CT molecular complexity index is 540. The first-order valence-electron chi connectivity index (χ1n) is 5.70. The van der Waals surface area contributed by atoms with Crippen LogP contribution in [0.2, 0.25) is 0 Å². The van der Waals surface area contributed by atoms with Crippen molar-refractivity contribution in [2.75, 3.05) is 6.61 Å². The monoisotopic (exact) mass is 258 g/mol. The van der Waals surface area contributed by atoms with Crippen molar-refractivity contribution in [1.82, 2.24) is 9.97 Å². The van der Waals surface area contributed by atoms with Crippen molar-refractivity contribution in [3.05, 3.63) is 47.8 Å². The van der Waals surface area contributed by atoms with Crippen LogP contribution >= 0.6 is 11.8 Å². The number of hydrogen-bond acceptors (Lipinski definition) is 3. The number of rotatable bonds is 4. The standard InChI is InChI=1S/C14H14N2OS/c17-10-4-3-6-12-5-1-2-7-13(12)11-18-14-15-8-9-16-14/h1-2,5,7-9,17H,4,10-11H2,(H,15,16). The highest BCUT2D eigenvalue weighted by molar-refractivity contribution is 7.98. The smallest absolute Gasteiger partial charge is 0.165 e. The lowest BCUT2D eigenvalue weighted by molar-refractivity contribution is 0.305. The molecule has 0 aliphatic heterocycles. The van der Waals surface area contributed by atoms with E-state index in [0.29, 0.717) is 6.42 Å². The van der Waals surface area contributed by atoms with Gasteiger partial charge in [-0.1, -0.05) is 41.8 Å². The van der Waals surface area contributed by atoms with E-state index in [-0.39, 0.29) is 6.61 Å². The molecular formula is C14H14N2OS. The first kappa shape index (κ1) is 12.7. The number of aromatic nitrogens is 2. The molecule has 4 heteroatoms. The number of nitrogens with one attached hydrogen (secondary N) is 1. The summed E-state index contributed by atoms with van der Waals surface area (Å²) in [6.07, 6.45) is 4.07. The van der Waals surface area contributed by atoms with E-state index in [9.17, 15) is 0 Å². The molecule has 0 bridgehead atoms. The first-order chi connectivity index (χ1) is 8.90. The molecule has 2 aromatic rings. The average Bonchev–Trinajstić information content (AvgIpc) is 2.91. The fraction of sp³-hybridized carbons (Fsp3) is 0.214. The van der Waals surface area contributed by atoms with Gasteiger partial charge in [-0.2, -0.15) is 0 Å². The SMILES string of the molecule is OCCC#Cc1ccccc1CSc1ncc[nH]1. The molecule has 0 spiro atoms. The lowest BCUT2D eigenvalue weighted by Crippen LogP contribution is -1.88. The fourth-order valence-electron chi connectivity index (χ4n) is 1.46. The van der Waals surface area contributed by atoms with Gasteiger partial charge in [0, 0.05) is 30.1 Å². The molecule has 3 nitrogen and oxygen atoms in total. The lowest BCUT2D eigenvalue weighted by atomic mass is 10.1. The molecule has 2 rings (SSSR count). The van der Waals surface area contributed by atoms with E-state index in [1.807, 2.05) is 24.4 Å². The minimum absolute atomic E-state index is 0.107. The maximum absolute atomic E-state index is 8.72. The van der Waals surface area contributed by atoms with E-state index in [4.69, 9.17) is 5.11 Å². The Morgan fingerprint density at radius 2 is 2.22 bits per heavy atom. The molecule has 0 unspecified atom stereocenters. The number of H-pyrrole nitrogens is 1. The van der Waals surface area contributed by atoms with Crippen LogP contribution in [0.1, 0.15) is 17.5 Å². The molecule has 0 atom stereocenters. The van der Waals surface area contributed by atoms with E-state index in [1.54, 1.807) is 18.0 Å². The number of benzene rings is 1. The van der Waals surface area contributed by atoms with Crippen molar-refractivity contribution >= 4 is 11.8 Å². The predicted molar refractivity (Wildman–Crippen MR) is 73.2 cm³/mol. The number of thioether (sulfide) groups is 1. The number of aliphatic hydroxyl groups excluding tert-OH is 1. The summed E-state index contributed by atoms with van der Waals surface area (Å²) in [5.74, 6) is 6.87. The van der Waals surface area contributed by atoms with Gasteiger partial charge >= 0.3 is 0 Å². The van der Waals surface area contributed by atoms with Gasteiger partial charge in [0.2, 0.25) is 0 Å². The molecule has 0 radical (unpaired) electrons. The highest BCUT2D eigenvalue weighted by atomic mass is 32.2. The predicted octanol–water partition coefficient (Wildman–Crippen LogP) is 2.44. The van der Waals surface area contributed by atoms with E-state index in [2.05, 4.69) is 27.9 Å². The van der Waals surface area contributed by atoms with E-state index in [1.165, 1.54) is 5.56 Å². The second-order valence-electron chi connectivity index (χ2n) is 3.62. The zero-order valence-corrected chi connectivity index (χ0v) is 10.7. The Labute approximate surface area is 111 Å². The van der Waals surface area contributed by atoms with Crippen LogP contribution in [-0.4, -0.2) is 21.7 Å². The molecule has 1 heterocycles. The van der Waals surface area contributed by atoms with Gasteiger partial charge in [-0.3, -0.25) is 0 Å². The maximum Gasteiger partial charge on any atom is 0.165 e. The van der Waals surface area contributed by atoms with Crippen molar-refractivity contribution in [2.45, 2.75) is 17.3 Å². The molecule has 92 valence electrons. The number of imidazole rings is 1. The summed E-state index contributed by atoms with van der Waals surface area (Å²) in [7, 11) is 0. The molecule has 0 aliphatic rings. The van der Waals surface area contributed by atoms with Gasteiger partial charge in [-0.05, 0) is 11.6 Å². The Morgan fingerprint density at radius 1 is 1.33 bits per heavy atom. The third-order valence-electron chi connectivity index (χ3n) is 2.31. The normalized spacial score (nSPS) is 9.83. The number of aromatic amines is 1. The molecule has 1 aromatic carbocycles. The van der Waals surface area contributed by atoms with E-state index < -0.39 is 0 Å². The van der Waals surface area contributed by atoms with Gasteiger partial charge in [0.25, 0.3) is 0 Å². The van der Waals surface area contributed by atoms with Crippen molar-refractivity contribution in [2.24, 2.45) is 0 Å². The van der Waals surface area contributed by atoms with Crippen LogP contribution < -0.4 is 0 Å². The molecular weight excluding hydrogens is 244 g/mol. The Hall–Kier alpha value is -1.70. The van der Waals surface area contributed by atoms with Crippen molar-refractivity contribution in [1.29, 1.82) is 0 Å². The minimum atomic E-state index is 0.107. The number of aliphatic hydroxyl groups is 1. The van der Waals surface area contributed by atoms with Crippen molar-refractivity contribution in [3.63, 3.8) is 0 Å². The van der Waals surface area contributed by atoms with Crippen LogP contribution in [0.15, 0.2) is 41.8 Å². The summed E-state index contributed by atoms with van der Waals surface area (Å²) in [6, 6.07) is 8.06. The second-order valence-corrected chi connectivity index (χ2v) is 4.58. The molecule has 0 saturated heterocycles. The summed E-state index contributed by atoms with van der Waals surface area (Å²) in [6.45, 7) is 0.107. The molecule has 1 aromatic heterocycles. The molecule has 18 heavy (non-hydrogen) atoms. The zero-order chi connectivity index (χ0) is 12.6. The zero-order valence-electron chi connectivity index (χ0n) is 9.89. The van der Waals surface area contributed by atoms with E-state index in [0.717, 1.165) is 16.5 Å². The Morgan fingerprint density at radius 3 is 3.00 bits per heavy atom. The van der Waals surface area contributed by atoms with Gasteiger partial charge in [0.15, 0.2) is 5.16 Å². The average molecular weight is 258 g/mol.